The molecule has 0 unspecified atom stereocenters. The van der Waals surface area contributed by atoms with Gasteiger partial charge in [-0.25, -0.2) is 0 Å². The number of fused-ring (bicyclic) bond motifs is 1. The Bertz CT molecular complexity index is 737. The molecule has 1 aromatic carbocycles. The summed E-state index contributed by atoms with van der Waals surface area (Å²) in [5.74, 6) is 0.0339. The molecule has 0 bridgehead atoms. The van der Waals surface area contributed by atoms with E-state index in [-0.39, 0.29) is 12.0 Å². The van der Waals surface area contributed by atoms with Crippen LogP contribution in [0.25, 0.3) is 0 Å². The van der Waals surface area contributed by atoms with Crippen molar-refractivity contribution in [1.82, 2.24) is 10.2 Å². The molecule has 1 fully saturated rings. The van der Waals surface area contributed by atoms with Crippen LogP contribution in [0.4, 0.5) is 0 Å². The van der Waals surface area contributed by atoms with Crippen LogP contribution < -0.4 is 5.32 Å². The lowest BCUT2D eigenvalue weighted by molar-refractivity contribution is 0.0951. The Balaban J connectivity index is 1.25. The van der Waals surface area contributed by atoms with Gasteiger partial charge < -0.3 is 10.1 Å². The SMILES string of the molecule is O=C(NCCN1CCc2ccccc2C1)c1ccc([C@@H]2CCCO2)s1. The number of amides is 1. The van der Waals surface area contributed by atoms with Gasteiger partial charge in [-0.1, -0.05) is 24.3 Å². The highest BCUT2D eigenvalue weighted by atomic mass is 32.1. The summed E-state index contributed by atoms with van der Waals surface area (Å²) < 4.78 is 5.69. The van der Waals surface area contributed by atoms with E-state index < -0.39 is 0 Å². The monoisotopic (exact) mass is 356 g/mol. The molecule has 2 aliphatic heterocycles. The van der Waals surface area contributed by atoms with Gasteiger partial charge in [0.1, 0.15) is 0 Å². The van der Waals surface area contributed by atoms with Crippen molar-refractivity contribution in [2.75, 3.05) is 26.2 Å². The fraction of sp³-hybridized carbons (Fsp3) is 0.450. The summed E-state index contributed by atoms with van der Waals surface area (Å²) >= 11 is 1.56. The Hall–Kier alpha value is -1.69. The molecule has 0 aliphatic carbocycles. The van der Waals surface area contributed by atoms with Crippen LogP contribution in [-0.4, -0.2) is 37.0 Å². The fourth-order valence-corrected chi connectivity index (χ4v) is 4.62. The topological polar surface area (TPSA) is 41.6 Å². The molecule has 3 heterocycles. The van der Waals surface area contributed by atoms with Crippen LogP contribution in [0.3, 0.4) is 0 Å². The molecular weight excluding hydrogens is 332 g/mol. The quantitative estimate of drug-likeness (QED) is 0.893. The predicted molar refractivity (Wildman–Crippen MR) is 100 cm³/mol. The highest BCUT2D eigenvalue weighted by Crippen LogP contribution is 2.33. The molecule has 5 heteroatoms. The van der Waals surface area contributed by atoms with Gasteiger partial charge in [0, 0.05) is 37.7 Å². The average molecular weight is 356 g/mol. The first-order chi connectivity index (χ1) is 12.3. The van der Waals surface area contributed by atoms with E-state index in [4.69, 9.17) is 4.74 Å². The summed E-state index contributed by atoms with van der Waals surface area (Å²) in [6, 6.07) is 12.6. The van der Waals surface area contributed by atoms with E-state index in [1.807, 2.05) is 12.1 Å². The highest BCUT2D eigenvalue weighted by Gasteiger charge is 2.21. The summed E-state index contributed by atoms with van der Waals surface area (Å²) in [5, 5.41) is 3.06. The number of carbonyl (C=O) groups is 1. The smallest absolute Gasteiger partial charge is 0.261 e. The van der Waals surface area contributed by atoms with E-state index in [1.54, 1.807) is 11.3 Å². The van der Waals surface area contributed by atoms with Gasteiger partial charge in [0.25, 0.3) is 5.91 Å². The lowest BCUT2D eigenvalue weighted by Crippen LogP contribution is -2.37. The number of hydrogen-bond acceptors (Lipinski definition) is 4. The summed E-state index contributed by atoms with van der Waals surface area (Å²) in [5.41, 5.74) is 2.88. The zero-order chi connectivity index (χ0) is 17.1. The second-order valence-corrected chi connectivity index (χ2v) is 7.87. The van der Waals surface area contributed by atoms with Crippen LogP contribution in [0.1, 0.15) is 44.6 Å². The zero-order valence-electron chi connectivity index (χ0n) is 14.4. The zero-order valence-corrected chi connectivity index (χ0v) is 15.2. The van der Waals surface area contributed by atoms with Gasteiger partial charge in [-0.15, -0.1) is 11.3 Å². The number of nitrogens with one attached hydrogen (secondary N) is 1. The largest absolute Gasteiger partial charge is 0.373 e. The molecule has 1 atom stereocenters. The van der Waals surface area contributed by atoms with Crippen molar-refractivity contribution in [3.8, 4) is 0 Å². The number of ether oxygens (including phenoxy) is 1. The van der Waals surface area contributed by atoms with Gasteiger partial charge >= 0.3 is 0 Å². The molecule has 4 rings (SSSR count). The minimum absolute atomic E-state index is 0.0339. The third-order valence-corrected chi connectivity index (χ3v) is 6.20. The molecular formula is C20H24N2O2S. The van der Waals surface area contributed by atoms with Crippen molar-refractivity contribution in [3.63, 3.8) is 0 Å². The standard InChI is InChI=1S/C20H24N2O2S/c23-20(19-8-7-18(25-19)17-6-3-13-24-17)21-10-12-22-11-9-15-4-1-2-5-16(15)14-22/h1-2,4-5,7-8,17H,3,6,9-14H2,(H,21,23)/t17-/m0/s1. The average Bonchev–Trinajstić information content (AvgIpc) is 3.33. The molecule has 1 aromatic heterocycles. The Kier molecular flexibility index (Phi) is 5.15. The van der Waals surface area contributed by atoms with Gasteiger partial charge in [0.05, 0.1) is 11.0 Å². The molecule has 2 aromatic rings. The van der Waals surface area contributed by atoms with Crippen molar-refractivity contribution in [1.29, 1.82) is 0 Å². The van der Waals surface area contributed by atoms with Crippen LogP contribution >= 0.6 is 11.3 Å². The van der Waals surface area contributed by atoms with Gasteiger partial charge in [-0.3, -0.25) is 9.69 Å². The molecule has 4 nitrogen and oxygen atoms in total. The van der Waals surface area contributed by atoms with Crippen LogP contribution in [0.2, 0.25) is 0 Å². The Labute approximate surface area is 152 Å². The van der Waals surface area contributed by atoms with Crippen LogP contribution in [0.5, 0.6) is 0 Å². The second kappa shape index (κ2) is 7.68. The molecule has 132 valence electrons. The maximum Gasteiger partial charge on any atom is 0.261 e. The molecule has 0 spiro atoms. The molecule has 25 heavy (non-hydrogen) atoms. The lowest BCUT2D eigenvalue weighted by atomic mass is 10.00. The first kappa shape index (κ1) is 16.8. The van der Waals surface area contributed by atoms with Crippen molar-refractivity contribution < 1.29 is 9.53 Å². The van der Waals surface area contributed by atoms with E-state index in [2.05, 4.69) is 34.5 Å². The molecule has 1 saturated heterocycles. The second-order valence-electron chi connectivity index (χ2n) is 6.75. The Morgan fingerprint density at radius 1 is 1.24 bits per heavy atom. The van der Waals surface area contributed by atoms with E-state index in [1.165, 1.54) is 16.0 Å². The maximum atomic E-state index is 12.4. The fourth-order valence-electron chi connectivity index (χ4n) is 3.61. The van der Waals surface area contributed by atoms with Crippen molar-refractivity contribution in [3.05, 3.63) is 57.3 Å². The van der Waals surface area contributed by atoms with E-state index >= 15 is 0 Å². The van der Waals surface area contributed by atoms with Gasteiger partial charge in [0.15, 0.2) is 0 Å². The van der Waals surface area contributed by atoms with Gasteiger partial charge in [0.2, 0.25) is 0 Å². The minimum atomic E-state index is 0.0339. The van der Waals surface area contributed by atoms with Crippen LogP contribution in [0.15, 0.2) is 36.4 Å². The van der Waals surface area contributed by atoms with E-state index in [0.717, 1.165) is 50.4 Å². The number of hydrogen-bond donors (Lipinski definition) is 1. The summed E-state index contributed by atoms with van der Waals surface area (Å²) in [4.78, 5) is 16.7. The molecule has 1 N–H and O–H groups in total. The molecule has 0 radical (unpaired) electrons. The molecule has 1 amide bonds. The number of thiophene rings is 1. The Morgan fingerprint density at radius 2 is 2.12 bits per heavy atom. The third kappa shape index (κ3) is 3.94. The van der Waals surface area contributed by atoms with E-state index in [0.29, 0.717) is 6.54 Å². The summed E-state index contributed by atoms with van der Waals surface area (Å²) in [6.07, 6.45) is 3.47. The van der Waals surface area contributed by atoms with Crippen LogP contribution in [0, 0.1) is 0 Å². The predicted octanol–water partition coefficient (Wildman–Crippen LogP) is 3.39. The van der Waals surface area contributed by atoms with Crippen molar-refractivity contribution in [2.45, 2.75) is 31.9 Å². The first-order valence-electron chi connectivity index (χ1n) is 9.08. The van der Waals surface area contributed by atoms with E-state index in [9.17, 15) is 4.79 Å². The maximum absolute atomic E-state index is 12.4. The van der Waals surface area contributed by atoms with Gasteiger partial charge in [-0.05, 0) is 42.5 Å². The first-order valence-corrected chi connectivity index (χ1v) is 9.90. The number of benzene rings is 1. The van der Waals surface area contributed by atoms with Crippen molar-refractivity contribution >= 4 is 17.2 Å². The normalized spacial score (nSPS) is 20.4. The number of rotatable bonds is 5. The molecule has 0 saturated carbocycles. The molecule has 2 aliphatic rings. The van der Waals surface area contributed by atoms with Crippen molar-refractivity contribution in [2.24, 2.45) is 0 Å². The van der Waals surface area contributed by atoms with Gasteiger partial charge in [-0.2, -0.15) is 0 Å². The minimum Gasteiger partial charge on any atom is -0.373 e. The van der Waals surface area contributed by atoms with Crippen LogP contribution in [-0.2, 0) is 17.7 Å². The highest BCUT2D eigenvalue weighted by molar-refractivity contribution is 7.14. The number of carbonyl (C=O) groups excluding carboxylic acids is 1. The third-order valence-electron chi connectivity index (χ3n) is 5.02. The lowest BCUT2D eigenvalue weighted by Gasteiger charge is -2.28. The Morgan fingerprint density at radius 3 is 2.96 bits per heavy atom. The number of nitrogens with zero attached hydrogens (tertiary/aromatic N) is 1. The summed E-state index contributed by atoms with van der Waals surface area (Å²) in [6.45, 7) is 4.46. The summed E-state index contributed by atoms with van der Waals surface area (Å²) in [7, 11) is 0.